The molecule has 6 heteroatoms. The monoisotopic (exact) mass is 286 g/mol. The van der Waals surface area contributed by atoms with Crippen molar-refractivity contribution in [1.29, 1.82) is 0 Å². The average molecular weight is 286 g/mol. The van der Waals surface area contributed by atoms with Gasteiger partial charge in [0.1, 0.15) is 0 Å². The van der Waals surface area contributed by atoms with Crippen LogP contribution in [0.15, 0.2) is 12.1 Å². The number of ether oxygens (including phenoxy) is 2. The number of hydrogen-bond donors (Lipinski definition) is 1. The fraction of sp³-hybridized carbons (Fsp3) is 0.500. The Morgan fingerprint density at radius 3 is 2.65 bits per heavy atom. The topological polar surface area (TPSA) is 55.8 Å². The van der Waals surface area contributed by atoms with Crippen LogP contribution in [0.2, 0.25) is 0 Å². The molecule has 1 saturated carbocycles. The van der Waals surface area contributed by atoms with Gasteiger partial charge in [0.2, 0.25) is 0 Å². The molecular formula is C14H16F2O4. The molecule has 0 aromatic heterocycles. The average Bonchev–Trinajstić information content (AvgIpc) is 3.19. The summed E-state index contributed by atoms with van der Waals surface area (Å²) < 4.78 is 34.8. The maximum absolute atomic E-state index is 12.4. The summed E-state index contributed by atoms with van der Waals surface area (Å²) in [4.78, 5) is 11.2. The van der Waals surface area contributed by atoms with E-state index in [9.17, 15) is 13.6 Å². The zero-order valence-corrected chi connectivity index (χ0v) is 11.1. The van der Waals surface area contributed by atoms with Gasteiger partial charge in [-0.05, 0) is 37.3 Å². The molecule has 1 aromatic rings. The Kier molecular flexibility index (Phi) is 4.42. The van der Waals surface area contributed by atoms with E-state index in [1.165, 1.54) is 12.1 Å². The second-order valence-corrected chi connectivity index (χ2v) is 4.71. The molecule has 0 spiro atoms. The summed E-state index contributed by atoms with van der Waals surface area (Å²) in [5.41, 5.74) is 0.441. The predicted octanol–water partition coefficient (Wildman–Crippen LogP) is 3.34. The predicted molar refractivity (Wildman–Crippen MR) is 67.6 cm³/mol. The van der Waals surface area contributed by atoms with Gasteiger partial charge in [-0.25, -0.2) is 4.79 Å². The third kappa shape index (κ3) is 3.37. The van der Waals surface area contributed by atoms with E-state index in [2.05, 4.69) is 4.74 Å². The van der Waals surface area contributed by atoms with Gasteiger partial charge in [-0.2, -0.15) is 8.78 Å². The number of benzene rings is 1. The van der Waals surface area contributed by atoms with Crippen molar-refractivity contribution in [3.05, 3.63) is 23.3 Å². The van der Waals surface area contributed by atoms with E-state index in [-0.39, 0.29) is 17.1 Å². The number of aromatic carboxylic acids is 1. The highest BCUT2D eigenvalue weighted by atomic mass is 19.3. The summed E-state index contributed by atoms with van der Waals surface area (Å²) in [5.74, 6) is -0.670. The van der Waals surface area contributed by atoms with E-state index >= 15 is 0 Å². The van der Waals surface area contributed by atoms with Crippen LogP contribution in [0.1, 0.15) is 35.7 Å². The molecule has 0 saturated heterocycles. The van der Waals surface area contributed by atoms with Gasteiger partial charge in [-0.1, -0.05) is 6.92 Å². The van der Waals surface area contributed by atoms with Crippen LogP contribution >= 0.6 is 0 Å². The van der Waals surface area contributed by atoms with Gasteiger partial charge in [0, 0.05) is 5.56 Å². The number of rotatable bonds is 7. The van der Waals surface area contributed by atoms with Crippen LogP contribution in [0.3, 0.4) is 0 Å². The summed E-state index contributed by atoms with van der Waals surface area (Å²) in [7, 11) is 0. The minimum Gasteiger partial charge on any atom is -0.489 e. The van der Waals surface area contributed by atoms with Crippen molar-refractivity contribution in [2.24, 2.45) is 5.92 Å². The molecule has 1 N–H and O–H groups in total. The van der Waals surface area contributed by atoms with Crippen LogP contribution in [0.5, 0.6) is 11.5 Å². The molecule has 1 aliphatic carbocycles. The molecule has 0 radical (unpaired) electrons. The zero-order valence-electron chi connectivity index (χ0n) is 11.1. The first kappa shape index (κ1) is 14.6. The van der Waals surface area contributed by atoms with Gasteiger partial charge in [-0.3, -0.25) is 0 Å². The van der Waals surface area contributed by atoms with E-state index in [0.29, 0.717) is 24.5 Å². The number of alkyl halides is 2. The summed E-state index contributed by atoms with van der Waals surface area (Å²) in [6, 6.07) is 2.49. The minimum absolute atomic E-state index is 0.0555. The fourth-order valence-electron chi connectivity index (χ4n) is 1.99. The minimum atomic E-state index is -2.97. The Morgan fingerprint density at radius 1 is 1.45 bits per heavy atom. The maximum Gasteiger partial charge on any atom is 0.387 e. The molecule has 0 aliphatic heterocycles. The summed E-state index contributed by atoms with van der Waals surface area (Å²) >= 11 is 0. The van der Waals surface area contributed by atoms with E-state index in [4.69, 9.17) is 9.84 Å². The highest BCUT2D eigenvalue weighted by Gasteiger charge is 2.25. The quantitative estimate of drug-likeness (QED) is 0.835. The van der Waals surface area contributed by atoms with Crippen molar-refractivity contribution in [3.8, 4) is 11.5 Å². The molecule has 1 aliphatic rings. The molecule has 110 valence electrons. The van der Waals surface area contributed by atoms with Crippen molar-refractivity contribution in [2.75, 3.05) is 6.61 Å². The van der Waals surface area contributed by atoms with E-state index < -0.39 is 12.6 Å². The van der Waals surface area contributed by atoms with E-state index in [1.54, 1.807) is 6.92 Å². The Morgan fingerprint density at radius 2 is 2.15 bits per heavy atom. The Bertz CT molecular complexity index is 498. The van der Waals surface area contributed by atoms with E-state index in [1.807, 2.05) is 0 Å². The van der Waals surface area contributed by atoms with Gasteiger partial charge in [0.05, 0.1) is 12.2 Å². The number of hydrogen-bond acceptors (Lipinski definition) is 3. The molecule has 4 nitrogen and oxygen atoms in total. The van der Waals surface area contributed by atoms with Crippen molar-refractivity contribution >= 4 is 5.97 Å². The molecule has 0 heterocycles. The third-order valence-electron chi connectivity index (χ3n) is 3.18. The Labute approximate surface area is 115 Å². The lowest BCUT2D eigenvalue weighted by Gasteiger charge is -2.17. The normalized spacial score (nSPS) is 14.4. The van der Waals surface area contributed by atoms with Crippen molar-refractivity contribution in [2.45, 2.75) is 32.8 Å². The lowest BCUT2D eigenvalue weighted by atomic mass is 10.0. The molecule has 20 heavy (non-hydrogen) atoms. The van der Waals surface area contributed by atoms with Gasteiger partial charge >= 0.3 is 12.6 Å². The molecule has 0 atom stereocenters. The van der Waals surface area contributed by atoms with Gasteiger partial charge in [0.15, 0.2) is 11.5 Å². The smallest absolute Gasteiger partial charge is 0.387 e. The van der Waals surface area contributed by atoms with Crippen molar-refractivity contribution < 1.29 is 28.2 Å². The highest BCUT2D eigenvalue weighted by Crippen LogP contribution is 2.37. The van der Waals surface area contributed by atoms with Crippen LogP contribution in [0.25, 0.3) is 0 Å². The van der Waals surface area contributed by atoms with Crippen LogP contribution < -0.4 is 9.47 Å². The molecule has 1 fully saturated rings. The summed E-state index contributed by atoms with van der Waals surface area (Å²) in [6.45, 7) is -0.827. The van der Waals surface area contributed by atoms with Gasteiger partial charge < -0.3 is 14.6 Å². The first-order valence-electron chi connectivity index (χ1n) is 6.49. The Balaban J connectivity index is 2.36. The number of carboxylic acids is 1. The molecule has 0 bridgehead atoms. The summed E-state index contributed by atoms with van der Waals surface area (Å²) in [5, 5.41) is 9.14. The lowest BCUT2D eigenvalue weighted by molar-refractivity contribution is -0.0516. The largest absolute Gasteiger partial charge is 0.489 e. The Hall–Kier alpha value is -1.85. The zero-order chi connectivity index (χ0) is 14.7. The SMILES string of the molecule is CCc1c(C(=O)O)ccc(OC(F)F)c1OCC1CC1. The van der Waals surface area contributed by atoms with Crippen LogP contribution in [0, 0.1) is 5.92 Å². The van der Waals surface area contributed by atoms with Gasteiger partial charge in [-0.15, -0.1) is 0 Å². The first-order valence-corrected chi connectivity index (χ1v) is 6.49. The second-order valence-electron chi connectivity index (χ2n) is 4.71. The highest BCUT2D eigenvalue weighted by molar-refractivity contribution is 5.90. The molecular weight excluding hydrogens is 270 g/mol. The van der Waals surface area contributed by atoms with Crippen LogP contribution in [0.4, 0.5) is 8.78 Å². The molecule has 0 amide bonds. The molecule has 2 rings (SSSR count). The first-order chi connectivity index (χ1) is 9.52. The lowest BCUT2D eigenvalue weighted by Crippen LogP contribution is -2.11. The van der Waals surface area contributed by atoms with E-state index in [0.717, 1.165) is 12.8 Å². The van der Waals surface area contributed by atoms with Gasteiger partial charge in [0.25, 0.3) is 0 Å². The fourth-order valence-corrected chi connectivity index (χ4v) is 1.99. The third-order valence-corrected chi connectivity index (χ3v) is 3.18. The van der Waals surface area contributed by atoms with Crippen LogP contribution in [-0.4, -0.2) is 24.3 Å². The number of carboxylic acid groups (broad SMARTS) is 1. The number of halogens is 2. The van der Waals surface area contributed by atoms with Crippen molar-refractivity contribution in [1.82, 2.24) is 0 Å². The summed E-state index contributed by atoms with van der Waals surface area (Å²) in [6.07, 6.45) is 2.46. The van der Waals surface area contributed by atoms with Crippen LogP contribution in [-0.2, 0) is 6.42 Å². The second kappa shape index (κ2) is 6.07. The number of carbonyl (C=O) groups is 1. The standard InChI is InChI=1S/C14H16F2O4/c1-2-9-10(13(17)18)5-6-11(20-14(15)16)12(9)19-7-8-3-4-8/h5-6,8,14H,2-4,7H2,1H3,(H,17,18). The molecule has 1 aromatic carbocycles. The maximum atomic E-state index is 12.4. The molecule has 0 unspecified atom stereocenters. The van der Waals surface area contributed by atoms with Crippen molar-refractivity contribution in [3.63, 3.8) is 0 Å².